The molecule has 0 saturated carbocycles. The standard InChI is InChI=1S/C21H16Cl2N2O2S2/c1-25(2)17-11-12-24-20-19(17)18(13-3-5-14(22)6-4-13)21(28-20)29(26,27)16-9-7-15(23)8-10-16/h3-12H,1-2H3. The van der Waals surface area contributed by atoms with E-state index in [1.54, 1.807) is 30.5 Å². The van der Waals surface area contributed by atoms with Crippen molar-refractivity contribution in [2.45, 2.75) is 9.10 Å². The average molecular weight is 463 g/mol. The van der Waals surface area contributed by atoms with Crippen molar-refractivity contribution in [3.63, 3.8) is 0 Å². The molecule has 0 aliphatic carbocycles. The van der Waals surface area contributed by atoms with Crippen LogP contribution < -0.4 is 4.90 Å². The Morgan fingerprint density at radius 1 is 0.897 bits per heavy atom. The largest absolute Gasteiger partial charge is 0.377 e. The summed E-state index contributed by atoms with van der Waals surface area (Å²) < 4.78 is 27.4. The molecular weight excluding hydrogens is 447 g/mol. The van der Waals surface area contributed by atoms with E-state index in [4.69, 9.17) is 23.2 Å². The SMILES string of the molecule is CN(C)c1ccnc2sc(S(=O)(=O)c3ccc(Cl)cc3)c(-c3ccc(Cl)cc3)c12. The molecule has 0 amide bonds. The van der Waals surface area contributed by atoms with Gasteiger partial charge in [-0.3, -0.25) is 0 Å². The van der Waals surface area contributed by atoms with Crippen molar-refractivity contribution in [3.05, 3.63) is 70.8 Å². The zero-order valence-corrected chi connectivity index (χ0v) is 18.7. The molecule has 0 radical (unpaired) electrons. The van der Waals surface area contributed by atoms with Crippen LogP contribution >= 0.6 is 34.5 Å². The number of benzene rings is 2. The van der Waals surface area contributed by atoms with E-state index >= 15 is 0 Å². The molecule has 148 valence electrons. The molecule has 8 heteroatoms. The first-order valence-corrected chi connectivity index (χ1v) is 11.7. The number of thiophene rings is 1. The van der Waals surface area contributed by atoms with Gasteiger partial charge in [0.2, 0.25) is 9.84 Å². The lowest BCUT2D eigenvalue weighted by atomic mass is 10.0. The Morgan fingerprint density at radius 3 is 2.07 bits per heavy atom. The van der Waals surface area contributed by atoms with Gasteiger partial charge < -0.3 is 4.90 Å². The molecule has 4 rings (SSSR count). The fraction of sp³-hybridized carbons (Fsp3) is 0.0952. The molecule has 2 aromatic heterocycles. The molecule has 2 aromatic carbocycles. The summed E-state index contributed by atoms with van der Waals surface area (Å²) >= 11 is 13.2. The molecule has 0 saturated heterocycles. The molecule has 4 aromatic rings. The van der Waals surface area contributed by atoms with Crippen molar-refractivity contribution < 1.29 is 8.42 Å². The molecule has 4 nitrogen and oxygen atoms in total. The van der Waals surface area contributed by atoms with Crippen LogP contribution in [-0.4, -0.2) is 27.5 Å². The lowest BCUT2D eigenvalue weighted by Crippen LogP contribution is -2.09. The Kier molecular flexibility index (Phi) is 5.29. The predicted molar refractivity (Wildman–Crippen MR) is 121 cm³/mol. The Morgan fingerprint density at radius 2 is 1.48 bits per heavy atom. The molecule has 0 unspecified atom stereocenters. The summed E-state index contributed by atoms with van der Waals surface area (Å²) in [6.07, 6.45) is 1.69. The summed E-state index contributed by atoms with van der Waals surface area (Å²) in [5, 5.41) is 1.87. The Hall–Kier alpha value is -2.12. The molecular formula is C21H16Cl2N2O2S2. The van der Waals surface area contributed by atoms with E-state index in [1.807, 2.05) is 37.2 Å². The average Bonchev–Trinajstić information content (AvgIpc) is 3.09. The highest BCUT2D eigenvalue weighted by Crippen LogP contribution is 2.46. The number of hydrogen-bond acceptors (Lipinski definition) is 5. The van der Waals surface area contributed by atoms with Crippen LogP contribution in [0.5, 0.6) is 0 Å². The van der Waals surface area contributed by atoms with Gasteiger partial charge in [-0.15, -0.1) is 11.3 Å². The molecule has 0 bridgehead atoms. The van der Waals surface area contributed by atoms with E-state index < -0.39 is 9.84 Å². The lowest BCUT2D eigenvalue weighted by molar-refractivity contribution is 0.598. The number of nitrogens with zero attached hydrogens (tertiary/aromatic N) is 2. The number of sulfone groups is 1. The van der Waals surface area contributed by atoms with Gasteiger partial charge in [-0.2, -0.15) is 0 Å². The second-order valence-electron chi connectivity index (χ2n) is 6.63. The quantitative estimate of drug-likeness (QED) is 0.363. The van der Waals surface area contributed by atoms with Crippen molar-refractivity contribution >= 4 is 60.3 Å². The zero-order chi connectivity index (χ0) is 20.8. The predicted octanol–water partition coefficient (Wildman–Crippen LogP) is 6.17. The second-order valence-corrected chi connectivity index (χ2v) is 10.7. The number of halogens is 2. The van der Waals surface area contributed by atoms with Gasteiger partial charge >= 0.3 is 0 Å². The van der Waals surface area contributed by atoms with E-state index in [2.05, 4.69) is 4.98 Å². The summed E-state index contributed by atoms with van der Waals surface area (Å²) in [7, 11) is 0.0635. The molecule has 0 fully saturated rings. The van der Waals surface area contributed by atoms with Crippen LogP contribution in [-0.2, 0) is 9.84 Å². The highest BCUT2D eigenvalue weighted by molar-refractivity contribution is 7.93. The van der Waals surface area contributed by atoms with Gasteiger partial charge in [-0.05, 0) is 48.0 Å². The van der Waals surface area contributed by atoms with Crippen LogP contribution in [0.3, 0.4) is 0 Å². The third kappa shape index (κ3) is 3.62. The van der Waals surface area contributed by atoms with Gasteiger partial charge in [0.05, 0.1) is 4.90 Å². The first-order valence-electron chi connectivity index (χ1n) is 8.64. The summed E-state index contributed by atoms with van der Waals surface area (Å²) in [6.45, 7) is 0. The topological polar surface area (TPSA) is 50.3 Å². The van der Waals surface area contributed by atoms with Crippen molar-refractivity contribution in [2.24, 2.45) is 0 Å². The minimum Gasteiger partial charge on any atom is -0.377 e. The molecule has 0 spiro atoms. The molecule has 0 atom stereocenters. The number of rotatable bonds is 4. The summed E-state index contributed by atoms with van der Waals surface area (Å²) in [5.74, 6) is 0. The number of fused-ring (bicyclic) bond motifs is 1. The van der Waals surface area contributed by atoms with Crippen molar-refractivity contribution in [3.8, 4) is 11.1 Å². The van der Waals surface area contributed by atoms with Crippen LogP contribution in [0.2, 0.25) is 10.0 Å². The number of anilines is 1. The number of hydrogen-bond donors (Lipinski definition) is 0. The number of pyridine rings is 1. The Labute approximate surface area is 183 Å². The van der Waals surface area contributed by atoms with E-state index in [9.17, 15) is 8.42 Å². The molecule has 0 aliphatic rings. The monoisotopic (exact) mass is 462 g/mol. The normalized spacial score (nSPS) is 11.7. The first-order chi connectivity index (χ1) is 13.8. The maximum atomic E-state index is 13.6. The third-order valence-corrected chi connectivity index (χ3v) is 8.41. The van der Waals surface area contributed by atoms with Gasteiger partial charge in [0.15, 0.2) is 0 Å². The van der Waals surface area contributed by atoms with Crippen LogP contribution in [0.25, 0.3) is 21.3 Å². The summed E-state index contributed by atoms with van der Waals surface area (Å²) in [4.78, 5) is 7.25. The van der Waals surface area contributed by atoms with Crippen LogP contribution in [0, 0.1) is 0 Å². The third-order valence-electron chi connectivity index (χ3n) is 4.52. The van der Waals surface area contributed by atoms with E-state index in [-0.39, 0.29) is 9.10 Å². The van der Waals surface area contributed by atoms with Gasteiger partial charge in [-0.25, -0.2) is 13.4 Å². The highest BCUT2D eigenvalue weighted by atomic mass is 35.5. The van der Waals surface area contributed by atoms with Gasteiger partial charge in [-0.1, -0.05) is 35.3 Å². The fourth-order valence-corrected chi connectivity index (χ4v) is 6.48. The Balaban J connectivity index is 2.09. The van der Waals surface area contributed by atoms with Gasteiger partial charge in [0, 0.05) is 47.0 Å². The molecule has 0 N–H and O–H groups in total. The van der Waals surface area contributed by atoms with Gasteiger partial charge in [0.25, 0.3) is 0 Å². The number of aromatic nitrogens is 1. The van der Waals surface area contributed by atoms with E-state index in [0.717, 1.165) is 16.6 Å². The van der Waals surface area contributed by atoms with Crippen molar-refractivity contribution in [1.29, 1.82) is 0 Å². The minimum atomic E-state index is -3.78. The Bertz CT molecular complexity index is 1300. The molecule has 2 heterocycles. The first kappa shape index (κ1) is 20.2. The van der Waals surface area contributed by atoms with Crippen LogP contribution in [0.1, 0.15) is 0 Å². The maximum Gasteiger partial charge on any atom is 0.216 e. The maximum absolute atomic E-state index is 13.6. The van der Waals surface area contributed by atoms with Crippen LogP contribution in [0.15, 0.2) is 69.9 Å². The molecule has 29 heavy (non-hydrogen) atoms. The van der Waals surface area contributed by atoms with Crippen LogP contribution in [0.4, 0.5) is 5.69 Å². The highest BCUT2D eigenvalue weighted by Gasteiger charge is 2.29. The second kappa shape index (κ2) is 7.61. The van der Waals surface area contributed by atoms with E-state index in [0.29, 0.717) is 20.4 Å². The van der Waals surface area contributed by atoms with E-state index in [1.165, 1.54) is 23.5 Å². The minimum absolute atomic E-state index is 0.190. The smallest absolute Gasteiger partial charge is 0.216 e. The zero-order valence-electron chi connectivity index (χ0n) is 15.6. The van der Waals surface area contributed by atoms with Gasteiger partial charge in [0.1, 0.15) is 9.04 Å². The summed E-state index contributed by atoms with van der Waals surface area (Å²) in [6, 6.07) is 15.2. The molecule has 0 aliphatic heterocycles. The van der Waals surface area contributed by atoms with Crippen molar-refractivity contribution in [2.75, 3.05) is 19.0 Å². The van der Waals surface area contributed by atoms with Crippen molar-refractivity contribution in [1.82, 2.24) is 4.98 Å². The lowest BCUT2D eigenvalue weighted by Gasteiger charge is -2.15. The fourth-order valence-electron chi connectivity index (χ4n) is 3.15. The summed E-state index contributed by atoms with van der Waals surface area (Å²) in [5.41, 5.74) is 2.30.